The number of carbonyl (C=O) groups excluding carboxylic acids is 3. The molecule has 1 aliphatic carbocycles. The third-order valence-corrected chi connectivity index (χ3v) is 5.48. The molecule has 1 saturated heterocycles. The summed E-state index contributed by atoms with van der Waals surface area (Å²) >= 11 is 0. The normalized spacial score (nSPS) is 21.3. The number of benzene rings is 1. The van der Waals surface area contributed by atoms with Gasteiger partial charge in [0.25, 0.3) is 5.91 Å². The maximum absolute atomic E-state index is 12.4. The van der Waals surface area contributed by atoms with Crippen LogP contribution in [0.4, 0.5) is 5.69 Å². The van der Waals surface area contributed by atoms with E-state index in [0.717, 1.165) is 37.8 Å². The van der Waals surface area contributed by atoms with E-state index in [9.17, 15) is 14.4 Å². The Kier molecular flexibility index (Phi) is 6.14. The van der Waals surface area contributed by atoms with Gasteiger partial charge in [-0.05, 0) is 43.9 Å². The molecule has 1 saturated carbocycles. The molecule has 1 N–H and O–H groups in total. The molecular formula is C21H28N2O4. The van der Waals surface area contributed by atoms with Crippen LogP contribution < -0.4 is 10.2 Å². The molecule has 3 rings (SSSR count). The van der Waals surface area contributed by atoms with Crippen molar-refractivity contribution in [1.82, 2.24) is 5.32 Å². The molecule has 2 amide bonds. The van der Waals surface area contributed by atoms with Crippen molar-refractivity contribution in [2.24, 2.45) is 5.92 Å². The summed E-state index contributed by atoms with van der Waals surface area (Å²) in [6, 6.07) is 7.98. The number of ether oxygens (including phenoxy) is 1. The third-order valence-electron chi connectivity index (χ3n) is 5.48. The van der Waals surface area contributed by atoms with Gasteiger partial charge in [-0.1, -0.05) is 31.9 Å². The highest BCUT2D eigenvalue weighted by Crippen LogP contribution is 2.26. The minimum atomic E-state index is -0.842. The number of aryl methyl sites for hydroxylation is 1. The van der Waals surface area contributed by atoms with E-state index in [1.807, 2.05) is 24.3 Å². The fourth-order valence-electron chi connectivity index (χ4n) is 3.74. The number of esters is 1. The number of nitrogens with zero attached hydrogens (tertiary/aromatic N) is 1. The lowest BCUT2D eigenvalue weighted by Crippen LogP contribution is -2.41. The first kappa shape index (κ1) is 19.4. The molecule has 0 bridgehead atoms. The van der Waals surface area contributed by atoms with Gasteiger partial charge in [0.15, 0.2) is 6.10 Å². The first-order chi connectivity index (χ1) is 13.0. The number of hydrogen-bond acceptors (Lipinski definition) is 4. The summed E-state index contributed by atoms with van der Waals surface area (Å²) in [6.45, 7) is 3.95. The number of hydrogen-bond donors (Lipinski definition) is 1. The summed E-state index contributed by atoms with van der Waals surface area (Å²) < 4.78 is 5.35. The zero-order valence-electron chi connectivity index (χ0n) is 16.1. The van der Waals surface area contributed by atoms with Crippen molar-refractivity contribution in [3.05, 3.63) is 29.8 Å². The van der Waals surface area contributed by atoms with Crippen LogP contribution in [0.2, 0.25) is 0 Å². The molecule has 1 aliphatic heterocycles. The molecule has 0 aromatic heterocycles. The van der Waals surface area contributed by atoms with E-state index in [1.165, 1.54) is 5.56 Å². The van der Waals surface area contributed by atoms with E-state index in [0.29, 0.717) is 6.54 Å². The maximum Gasteiger partial charge on any atom is 0.312 e. The summed E-state index contributed by atoms with van der Waals surface area (Å²) in [6.07, 6.45) is 4.42. The van der Waals surface area contributed by atoms with Gasteiger partial charge >= 0.3 is 5.97 Å². The molecule has 2 aliphatic rings. The summed E-state index contributed by atoms with van der Waals surface area (Å²) in [4.78, 5) is 38.6. The SMILES string of the molecule is CCc1ccc(N2C[C@@H](C(=O)O[C@@H](C)C(=O)NC3CCCC3)CC2=O)cc1. The average Bonchev–Trinajstić information content (AvgIpc) is 3.31. The number of amides is 2. The molecule has 2 atom stereocenters. The van der Waals surface area contributed by atoms with Gasteiger partial charge in [-0.2, -0.15) is 0 Å². The van der Waals surface area contributed by atoms with Gasteiger partial charge in [0.2, 0.25) is 5.91 Å². The lowest BCUT2D eigenvalue weighted by molar-refractivity contribution is -0.158. The highest BCUT2D eigenvalue weighted by atomic mass is 16.5. The Morgan fingerprint density at radius 1 is 1.22 bits per heavy atom. The Balaban J connectivity index is 1.54. The highest BCUT2D eigenvalue weighted by molar-refractivity contribution is 5.99. The van der Waals surface area contributed by atoms with Crippen LogP contribution in [0.5, 0.6) is 0 Å². The second kappa shape index (κ2) is 8.55. The van der Waals surface area contributed by atoms with Crippen LogP contribution in [-0.2, 0) is 25.5 Å². The second-order valence-electron chi connectivity index (χ2n) is 7.49. The van der Waals surface area contributed by atoms with Gasteiger partial charge in [-0.25, -0.2) is 0 Å². The molecule has 146 valence electrons. The summed E-state index contributed by atoms with van der Waals surface area (Å²) in [7, 11) is 0. The predicted molar refractivity (Wildman–Crippen MR) is 102 cm³/mol. The van der Waals surface area contributed by atoms with Crippen LogP contribution in [0.1, 0.15) is 51.5 Å². The number of carbonyl (C=O) groups is 3. The Morgan fingerprint density at radius 2 is 1.89 bits per heavy atom. The van der Waals surface area contributed by atoms with Gasteiger partial charge < -0.3 is 15.0 Å². The maximum atomic E-state index is 12.4. The fraction of sp³-hybridized carbons (Fsp3) is 0.571. The van der Waals surface area contributed by atoms with E-state index >= 15 is 0 Å². The first-order valence-electron chi connectivity index (χ1n) is 9.88. The predicted octanol–water partition coefficient (Wildman–Crippen LogP) is 2.59. The van der Waals surface area contributed by atoms with Crippen molar-refractivity contribution in [3.8, 4) is 0 Å². The van der Waals surface area contributed by atoms with Gasteiger partial charge in [-0.3, -0.25) is 14.4 Å². The first-order valence-corrected chi connectivity index (χ1v) is 9.88. The van der Waals surface area contributed by atoms with Crippen molar-refractivity contribution in [2.45, 2.75) is 64.5 Å². The molecule has 0 spiro atoms. The standard InChI is InChI=1S/C21H28N2O4/c1-3-15-8-10-18(11-9-15)23-13-16(12-19(23)24)21(26)27-14(2)20(25)22-17-6-4-5-7-17/h8-11,14,16-17H,3-7,12-13H2,1-2H3,(H,22,25)/t14-,16-/m0/s1. The molecular weight excluding hydrogens is 344 g/mol. The van der Waals surface area contributed by atoms with E-state index < -0.39 is 18.0 Å². The van der Waals surface area contributed by atoms with Crippen molar-refractivity contribution in [3.63, 3.8) is 0 Å². The molecule has 27 heavy (non-hydrogen) atoms. The van der Waals surface area contributed by atoms with Crippen LogP contribution in [0.15, 0.2) is 24.3 Å². The minimum absolute atomic E-state index is 0.0933. The van der Waals surface area contributed by atoms with E-state index in [2.05, 4.69) is 12.2 Å². The Labute approximate surface area is 160 Å². The van der Waals surface area contributed by atoms with E-state index in [-0.39, 0.29) is 24.3 Å². The molecule has 6 nitrogen and oxygen atoms in total. The summed E-state index contributed by atoms with van der Waals surface area (Å²) in [5, 5.41) is 2.94. The van der Waals surface area contributed by atoms with Gasteiger partial charge in [0.05, 0.1) is 5.92 Å². The Bertz CT molecular complexity index is 695. The summed E-state index contributed by atoms with van der Waals surface area (Å²) in [5.41, 5.74) is 1.99. The molecule has 0 radical (unpaired) electrons. The summed E-state index contributed by atoms with van der Waals surface area (Å²) in [5.74, 6) is -1.37. The topological polar surface area (TPSA) is 75.7 Å². The lowest BCUT2D eigenvalue weighted by atomic mass is 10.1. The molecule has 1 aromatic carbocycles. The molecule has 6 heteroatoms. The van der Waals surface area contributed by atoms with Crippen molar-refractivity contribution < 1.29 is 19.1 Å². The highest BCUT2D eigenvalue weighted by Gasteiger charge is 2.37. The molecule has 2 fully saturated rings. The Morgan fingerprint density at radius 3 is 2.52 bits per heavy atom. The minimum Gasteiger partial charge on any atom is -0.452 e. The van der Waals surface area contributed by atoms with Crippen LogP contribution in [-0.4, -0.2) is 36.5 Å². The fourth-order valence-corrected chi connectivity index (χ4v) is 3.74. The van der Waals surface area contributed by atoms with Crippen molar-refractivity contribution in [2.75, 3.05) is 11.4 Å². The average molecular weight is 372 g/mol. The number of anilines is 1. The second-order valence-corrected chi connectivity index (χ2v) is 7.49. The Hall–Kier alpha value is -2.37. The number of nitrogens with one attached hydrogen (secondary N) is 1. The van der Waals surface area contributed by atoms with Crippen molar-refractivity contribution >= 4 is 23.5 Å². The third kappa shape index (κ3) is 4.67. The van der Waals surface area contributed by atoms with Crippen LogP contribution >= 0.6 is 0 Å². The van der Waals surface area contributed by atoms with Crippen LogP contribution in [0.3, 0.4) is 0 Å². The zero-order valence-corrected chi connectivity index (χ0v) is 16.1. The zero-order chi connectivity index (χ0) is 19.4. The monoisotopic (exact) mass is 372 g/mol. The van der Waals surface area contributed by atoms with Gasteiger partial charge in [0, 0.05) is 24.7 Å². The molecule has 1 aromatic rings. The van der Waals surface area contributed by atoms with Gasteiger partial charge in [-0.15, -0.1) is 0 Å². The molecule has 0 unspecified atom stereocenters. The largest absolute Gasteiger partial charge is 0.452 e. The number of rotatable bonds is 6. The van der Waals surface area contributed by atoms with Crippen LogP contribution in [0, 0.1) is 5.92 Å². The van der Waals surface area contributed by atoms with E-state index in [1.54, 1.807) is 11.8 Å². The smallest absolute Gasteiger partial charge is 0.312 e. The molecule has 1 heterocycles. The van der Waals surface area contributed by atoms with Gasteiger partial charge in [0.1, 0.15) is 0 Å². The van der Waals surface area contributed by atoms with Crippen molar-refractivity contribution in [1.29, 1.82) is 0 Å². The quantitative estimate of drug-likeness (QED) is 0.779. The lowest BCUT2D eigenvalue weighted by Gasteiger charge is -2.19. The van der Waals surface area contributed by atoms with E-state index in [4.69, 9.17) is 4.74 Å². The van der Waals surface area contributed by atoms with Crippen LogP contribution in [0.25, 0.3) is 0 Å².